The number of benzene rings is 1. The van der Waals surface area contributed by atoms with Crippen LogP contribution in [0.25, 0.3) is 0 Å². The molecule has 0 amide bonds. The number of carbonyl (C=O) groups is 1. The van der Waals surface area contributed by atoms with Crippen LogP contribution >= 0.6 is 23.5 Å². The number of aryl methyl sites for hydroxylation is 1. The molecule has 0 radical (unpaired) electrons. The zero-order chi connectivity index (χ0) is 22.0. The first kappa shape index (κ1) is 23.5. The van der Waals surface area contributed by atoms with Crippen LogP contribution < -0.4 is 0 Å². The van der Waals surface area contributed by atoms with Crippen LogP contribution in [0.15, 0.2) is 40.4 Å². The Morgan fingerprint density at radius 3 is 2.48 bits per heavy atom. The second kappa shape index (κ2) is 8.90. The van der Waals surface area contributed by atoms with Gasteiger partial charge in [0.2, 0.25) is 0 Å². The van der Waals surface area contributed by atoms with E-state index in [1.54, 1.807) is 6.92 Å². The number of alkyl halides is 3. The first-order valence-electron chi connectivity index (χ1n) is 8.04. The van der Waals surface area contributed by atoms with Crippen LogP contribution in [-0.4, -0.2) is 36.7 Å². The Balaban J connectivity index is 2.40. The van der Waals surface area contributed by atoms with E-state index in [0.717, 1.165) is 3.71 Å². The number of pyridine rings is 1. The van der Waals surface area contributed by atoms with Crippen molar-refractivity contribution in [2.75, 3.05) is 13.7 Å². The fourth-order valence-electron chi connectivity index (χ4n) is 2.24. The second-order valence-electron chi connectivity index (χ2n) is 5.69. The third-order valence-corrected chi connectivity index (χ3v) is 7.58. The maximum absolute atomic E-state index is 13.0. The molecule has 1 aromatic heterocycles. The Bertz CT molecular complexity index is 1030. The largest absolute Gasteiger partial charge is 0.465 e. The summed E-state index contributed by atoms with van der Waals surface area (Å²) in [6, 6.07) is 4.64. The van der Waals surface area contributed by atoms with Gasteiger partial charge in [-0.2, -0.15) is 13.2 Å². The lowest BCUT2D eigenvalue weighted by molar-refractivity contribution is -0.137. The summed E-state index contributed by atoms with van der Waals surface area (Å²) < 4.78 is 69.8. The maximum atomic E-state index is 13.0. The van der Waals surface area contributed by atoms with Crippen LogP contribution in [0, 0.1) is 6.92 Å². The molecule has 29 heavy (non-hydrogen) atoms. The van der Waals surface area contributed by atoms with Crippen molar-refractivity contribution in [3.63, 3.8) is 0 Å². The van der Waals surface area contributed by atoms with E-state index in [9.17, 15) is 26.4 Å². The summed E-state index contributed by atoms with van der Waals surface area (Å²) in [5, 5.41) is -0.442. The van der Waals surface area contributed by atoms with Gasteiger partial charge in [-0.05, 0) is 42.6 Å². The van der Waals surface area contributed by atoms with E-state index in [1.807, 2.05) is 0 Å². The lowest BCUT2D eigenvalue weighted by atomic mass is 10.1. The molecule has 0 aliphatic carbocycles. The summed E-state index contributed by atoms with van der Waals surface area (Å²) in [5.74, 6) is -0.692. The Kier molecular flexibility index (Phi) is 7.20. The topological polar surface area (TPSA) is 76.6 Å². The average Bonchev–Trinajstić information content (AvgIpc) is 2.65. The fourth-order valence-corrected chi connectivity index (χ4v) is 5.02. The van der Waals surface area contributed by atoms with Gasteiger partial charge in [-0.15, -0.1) is 3.71 Å². The zero-order valence-corrected chi connectivity index (χ0v) is 17.8. The lowest BCUT2D eigenvalue weighted by Crippen LogP contribution is -2.25. The molecule has 0 spiro atoms. The first-order chi connectivity index (χ1) is 13.4. The number of sulfonamides is 1. The van der Waals surface area contributed by atoms with Crippen LogP contribution in [0.5, 0.6) is 0 Å². The minimum Gasteiger partial charge on any atom is -0.465 e. The molecule has 0 bridgehead atoms. The van der Waals surface area contributed by atoms with E-state index in [1.165, 1.54) is 32.2 Å². The fraction of sp³-hybridized carbons (Fsp3) is 0.294. The summed E-state index contributed by atoms with van der Waals surface area (Å²) in [6.07, 6.45) is -4.04. The van der Waals surface area contributed by atoms with Gasteiger partial charge in [-0.1, -0.05) is 24.6 Å². The van der Waals surface area contributed by atoms with E-state index in [0.29, 0.717) is 29.8 Å². The van der Waals surface area contributed by atoms with E-state index >= 15 is 0 Å². The van der Waals surface area contributed by atoms with Crippen LogP contribution in [0.4, 0.5) is 13.2 Å². The number of nitrogens with zero attached hydrogens (tertiary/aromatic N) is 2. The predicted molar refractivity (Wildman–Crippen MR) is 102 cm³/mol. The smallest absolute Gasteiger partial charge is 0.417 e. The molecule has 0 saturated carbocycles. The normalized spacial score (nSPS) is 12.3. The predicted octanol–water partition coefficient (Wildman–Crippen LogP) is 4.57. The highest BCUT2D eigenvalue weighted by molar-refractivity contribution is 8.08. The van der Waals surface area contributed by atoms with E-state index in [-0.39, 0.29) is 27.1 Å². The van der Waals surface area contributed by atoms with Crippen molar-refractivity contribution in [1.82, 2.24) is 8.69 Å². The van der Waals surface area contributed by atoms with Crippen molar-refractivity contribution in [2.45, 2.75) is 29.9 Å². The standard InChI is InChI=1S/C17H16ClF3N2O4S2/c1-4-23(28-15-14(18)7-11(9-22-15)17(19,20)21)29(25,26)12-6-5-10(2)13(8-12)16(24)27-3/h5-9H,4H2,1-3H3. The molecule has 1 heterocycles. The molecular formula is C17H16ClF3N2O4S2. The van der Waals surface area contributed by atoms with Gasteiger partial charge in [0.25, 0.3) is 10.0 Å². The number of halogens is 4. The molecule has 1 aromatic carbocycles. The van der Waals surface area contributed by atoms with Crippen molar-refractivity contribution < 1.29 is 31.1 Å². The van der Waals surface area contributed by atoms with Gasteiger partial charge in [0.05, 0.1) is 28.2 Å². The summed E-state index contributed by atoms with van der Waals surface area (Å²) in [7, 11) is -2.94. The number of hydrogen-bond acceptors (Lipinski definition) is 6. The van der Waals surface area contributed by atoms with Crippen LogP contribution in [-0.2, 0) is 20.9 Å². The summed E-state index contributed by atoms with van der Waals surface area (Å²) in [4.78, 5) is 15.3. The van der Waals surface area contributed by atoms with Crippen molar-refractivity contribution in [1.29, 1.82) is 0 Å². The maximum Gasteiger partial charge on any atom is 0.417 e. The number of aromatic nitrogens is 1. The molecule has 0 saturated heterocycles. The number of esters is 1. The Morgan fingerprint density at radius 2 is 1.97 bits per heavy atom. The van der Waals surface area contributed by atoms with Crippen molar-refractivity contribution in [3.8, 4) is 0 Å². The Morgan fingerprint density at radius 1 is 1.31 bits per heavy atom. The van der Waals surface area contributed by atoms with Gasteiger partial charge < -0.3 is 4.74 Å². The molecule has 0 atom stereocenters. The minimum absolute atomic E-state index is 0.0343. The van der Waals surface area contributed by atoms with Crippen molar-refractivity contribution in [2.24, 2.45) is 0 Å². The molecule has 0 N–H and O–H groups in total. The monoisotopic (exact) mass is 468 g/mol. The third-order valence-electron chi connectivity index (χ3n) is 3.76. The highest BCUT2D eigenvalue weighted by atomic mass is 35.5. The molecule has 2 aromatic rings. The average molecular weight is 469 g/mol. The molecule has 12 heteroatoms. The molecule has 6 nitrogen and oxygen atoms in total. The van der Waals surface area contributed by atoms with Crippen molar-refractivity contribution in [3.05, 3.63) is 52.2 Å². The van der Waals surface area contributed by atoms with E-state index < -0.39 is 27.7 Å². The van der Waals surface area contributed by atoms with E-state index in [2.05, 4.69) is 9.72 Å². The quantitative estimate of drug-likeness (QED) is 0.456. The van der Waals surface area contributed by atoms with E-state index in [4.69, 9.17) is 11.6 Å². The number of hydrogen-bond donors (Lipinski definition) is 0. The zero-order valence-electron chi connectivity index (χ0n) is 15.4. The Hall–Kier alpha value is -1.82. The molecule has 158 valence electrons. The summed E-state index contributed by atoms with van der Waals surface area (Å²) in [5.41, 5.74) is -0.432. The lowest BCUT2D eigenvalue weighted by Gasteiger charge is -2.20. The number of methoxy groups -OCH3 is 1. The Labute approximate surface area is 175 Å². The van der Waals surface area contributed by atoms with Gasteiger partial charge in [-0.25, -0.2) is 18.2 Å². The number of carbonyl (C=O) groups excluding carboxylic acids is 1. The van der Waals surface area contributed by atoms with Crippen LogP contribution in [0.1, 0.15) is 28.4 Å². The molecular weight excluding hydrogens is 453 g/mol. The van der Waals surface area contributed by atoms with Gasteiger partial charge in [-0.3, -0.25) is 0 Å². The van der Waals surface area contributed by atoms with Gasteiger partial charge >= 0.3 is 12.1 Å². The van der Waals surface area contributed by atoms with Gasteiger partial charge in [0.15, 0.2) is 0 Å². The summed E-state index contributed by atoms with van der Waals surface area (Å²) >= 11 is 6.45. The molecule has 0 aliphatic heterocycles. The van der Waals surface area contributed by atoms with Gasteiger partial charge in [0.1, 0.15) is 5.03 Å². The molecule has 0 aliphatic rings. The SMILES string of the molecule is CCN(Sc1ncc(C(F)(F)F)cc1Cl)S(=O)(=O)c1ccc(C)c(C(=O)OC)c1. The number of ether oxygens (including phenoxy) is 1. The molecule has 0 fully saturated rings. The molecule has 2 rings (SSSR count). The van der Waals surface area contributed by atoms with Crippen LogP contribution in [0.2, 0.25) is 5.02 Å². The summed E-state index contributed by atoms with van der Waals surface area (Å²) in [6.45, 7) is 3.13. The van der Waals surface area contributed by atoms with Crippen LogP contribution in [0.3, 0.4) is 0 Å². The second-order valence-corrected chi connectivity index (χ2v) is 9.20. The van der Waals surface area contributed by atoms with Crippen molar-refractivity contribution >= 4 is 39.5 Å². The highest BCUT2D eigenvalue weighted by Crippen LogP contribution is 2.36. The number of rotatable bonds is 6. The first-order valence-corrected chi connectivity index (χ1v) is 10.6. The minimum atomic E-state index is -4.62. The van der Waals surface area contributed by atoms with Gasteiger partial charge in [0, 0.05) is 12.7 Å². The highest BCUT2D eigenvalue weighted by Gasteiger charge is 2.32. The third kappa shape index (κ3) is 5.21. The molecule has 0 unspecified atom stereocenters.